The molecule has 0 spiro atoms. The summed E-state index contributed by atoms with van der Waals surface area (Å²) in [4.78, 5) is 8.22. The van der Waals surface area contributed by atoms with Gasteiger partial charge in [0.15, 0.2) is 17.0 Å². The summed E-state index contributed by atoms with van der Waals surface area (Å²) in [6.45, 7) is 4.09. The fourth-order valence-electron chi connectivity index (χ4n) is 1.23. The third-order valence-corrected chi connectivity index (χ3v) is 1.81. The molecule has 0 amide bonds. The van der Waals surface area contributed by atoms with Crippen LogP contribution in [0, 0.1) is 0 Å². The molecule has 0 atom stereocenters. The van der Waals surface area contributed by atoms with Gasteiger partial charge in [0, 0.05) is 13.1 Å². The summed E-state index contributed by atoms with van der Waals surface area (Å²) >= 11 is 0. The van der Waals surface area contributed by atoms with Gasteiger partial charge in [-0.1, -0.05) is 5.21 Å². The highest BCUT2D eigenvalue weighted by molar-refractivity contribution is 5.81. The molecule has 0 unspecified atom stereocenters. The van der Waals surface area contributed by atoms with Gasteiger partial charge in [-0.15, -0.1) is 5.10 Å². The van der Waals surface area contributed by atoms with E-state index in [2.05, 4.69) is 25.6 Å². The summed E-state index contributed by atoms with van der Waals surface area (Å²) in [5.41, 5.74) is 1.45. The number of anilines is 1. The molecule has 0 aliphatic carbocycles. The molecule has 2 heterocycles. The standard InChI is InChI=1S/C8H12N6/c1-5(2)11-7-6-8(10-4-9-7)14(3)13-12-6/h4-5H,1-3H3,(H,9,10,11). The fraction of sp³-hybridized carbons (Fsp3) is 0.500. The number of rotatable bonds is 2. The first-order valence-corrected chi connectivity index (χ1v) is 4.45. The first-order chi connectivity index (χ1) is 6.68. The zero-order valence-electron chi connectivity index (χ0n) is 8.39. The first-order valence-electron chi connectivity index (χ1n) is 4.45. The summed E-state index contributed by atoms with van der Waals surface area (Å²) in [6, 6.07) is 0.315. The molecule has 2 rings (SSSR count). The molecular weight excluding hydrogens is 180 g/mol. The quantitative estimate of drug-likeness (QED) is 0.753. The Bertz CT molecular complexity index is 446. The van der Waals surface area contributed by atoms with E-state index in [0.29, 0.717) is 11.6 Å². The number of aromatic nitrogens is 5. The van der Waals surface area contributed by atoms with E-state index < -0.39 is 0 Å². The predicted molar refractivity (Wildman–Crippen MR) is 52.9 cm³/mol. The van der Waals surface area contributed by atoms with E-state index in [1.54, 1.807) is 4.68 Å². The molecule has 14 heavy (non-hydrogen) atoms. The molecular formula is C8H12N6. The van der Waals surface area contributed by atoms with Crippen LogP contribution >= 0.6 is 0 Å². The van der Waals surface area contributed by atoms with E-state index in [0.717, 1.165) is 11.5 Å². The van der Waals surface area contributed by atoms with Crippen LogP contribution < -0.4 is 5.32 Å². The Hall–Kier alpha value is -1.72. The summed E-state index contributed by atoms with van der Waals surface area (Å²) < 4.78 is 1.63. The summed E-state index contributed by atoms with van der Waals surface area (Å²) in [5, 5.41) is 11.1. The maximum atomic E-state index is 4.12. The van der Waals surface area contributed by atoms with Crippen LogP contribution in [0.1, 0.15) is 13.8 Å². The maximum Gasteiger partial charge on any atom is 0.183 e. The molecule has 2 aromatic rings. The van der Waals surface area contributed by atoms with Crippen molar-refractivity contribution in [3.63, 3.8) is 0 Å². The molecule has 0 radical (unpaired) electrons. The van der Waals surface area contributed by atoms with E-state index in [9.17, 15) is 0 Å². The molecule has 0 saturated carbocycles. The van der Waals surface area contributed by atoms with Crippen LogP contribution in [0.25, 0.3) is 11.2 Å². The zero-order chi connectivity index (χ0) is 10.1. The Kier molecular flexibility index (Phi) is 2.03. The van der Waals surface area contributed by atoms with E-state index in [4.69, 9.17) is 0 Å². The average Bonchev–Trinajstić information content (AvgIpc) is 2.49. The van der Waals surface area contributed by atoms with Crippen molar-refractivity contribution in [1.82, 2.24) is 25.0 Å². The Morgan fingerprint density at radius 3 is 2.86 bits per heavy atom. The highest BCUT2D eigenvalue weighted by atomic mass is 15.4. The van der Waals surface area contributed by atoms with Crippen molar-refractivity contribution in [3.8, 4) is 0 Å². The maximum absolute atomic E-state index is 4.12. The van der Waals surface area contributed by atoms with Gasteiger partial charge in [0.2, 0.25) is 0 Å². The molecule has 0 saturated heterocycles. The van der Waals surface area contributed by atoms with Crippen LogP contribution in [0.3, 0.4) is 0 Å². The third-order valence-electron chi connectivity index (χ3n) is 1.81. The highest BCUT2D eigenvalue weighted by Crippen LogP contribution is 2.15. The van der Waals surface area contributed by atoms with Crippen molar-refractivity contribution in [2.45, 2.75) is 19.9 Å². The van der Waals surface area contributed by atoms with E-state index in [-0.39, 0.29) is 0 Å². The molecule has 2 aromatic heterocycles. The van der Waals surface area contributed by atoms with Crippen LogP contribution in [-0.4, -0.2) is 31.0 Å². The monoisotopic (exact) mass is 192 g/mol. The second kappa shape index (κ2) is 3.21. The van der Waals surface area contributed by atoms with Crippen LogP contribution in [-0.2, 0) is 7.05 Å². The number of nitrogens with zero attached hydrogens (tertiary/aromatic N) is 5. The molecule has 74 valence electrons. The second-order valence-electron chi connectivity index (χ2n) is 3.41. The van der Waals surface area contributed by atoms with Gasteiger partial charge >= 0.3 is 0 Å². The third kappa shape index (κ3) is 1.39. The lowest BCUT2D eigenvalue weighted by molar-refractivity contribution is 0.729. The molecule has 6 nitrogen and oxygen atoms in total. The van der Waals surface area contributed by atoms with Crippen molar-refractivity contribution >= 4 is 17.0 Å². The number of nitrogens with one attached hydrogen (secondary N) is 1. The van der Waals surface area contributed by atoms with Crippen molar-refractivity contribution in [2.75, 3.05) is 5.32 Å². The van der Waals surface area contributed by atoms with Gasteiger partial charge in [-0.3, -0.25) is 0 Å². The number of fused-ring (bicyclic) bond motifs is 1. The van der Waals surface area contributed by atoms with E-state index in [1.165, 1.54) is 6.33 Å². The smallest absolute Gasteiger partial charge is 0.183 e. The number of hydrogen-bond donors (Lipinski definition) is 1. The van der Waals surface area contributed by atoms with Gasteiger partial charge in [0.05, 0.1) is 0 Å². The Balaban J connectivity index is 2.54. The van der Waals surface area contributed by atoms with Gasteiger partial charge < -0.3 is 5.32 Å². The fourth-order valence-corrected chi connectivity index (χ4v) is 1.23. The minimum atomic E-state index is 0.315. The predicted octanol–water partition coefficient (Wildman–Crippen LogP) is 0.579. The number of aryl methyl sites for hydroxylation is 1. The first kappa shape index (κ1) is 8.86. The van der Waals surface area contributed by atoms with Gasteiger partial charge in [0.25, 0.3) is 0 Å². The lowest BCUT2D eigenvalue weighted by atomic mass is 10.4. The second-order valence-corrected chi connectivity index (χ2v) is 3.41. The van der Waals surface area contributed by atoms with Crippen molar-refractivity contribution in [2.24, 2.45) is 7.05 Å². The molecule has 6 heteroatoms. The van der Waals surface area contributed by atoms with Gasteiger partial charge in [-0.2, -0.15) is 0 Å². The van der Waals surface area contributed by atoms with E-state index >= 15 is 0 Å². The molecule has 0 aliphatic heterocycles. The van der Waals surface area contributed by atoms with Gasteiger partial charge in [0.1, 0.15) is 6.33 Å². The molecule has 1 N–H and O–H groups in total. The van der Waals surface area contributed by atoms with Crippen LogP contribution in [0.4, 0.5) is 5.82 Å². The molecule has 0 bridgehead atoms. The summed E-state index contributed by atoms with van der Waals surface area (Å²) in [5.74, 6) is 0.734. The topological polar surface area (TPSA) is 68.5 Å². The van der Waals surface area contributed by atoms with Gasteiger partial charge in [-0.25, -0.2) is 14.6 Å². The largest absolute Gasteiger partial charge is 0.366 e. The lowest BCUT2D eigenvalue weighted by Crippen LogP contribution is -2.11. The molecule has 0 fully saturated rings. The summed E-state index contributed by atoms with van der Waals surface area (Å²) in [7, 11) is 1.81. The highest BCUT2D eigenvalue weighted by Gasteiger charge is 2.09. The Morgan fingerprint density at radius 1 is 1.36 bits per heavy atom. The van der Waals surface area contributed by atoms with Gasteiger partial charge in [-0.05, 0) is 13.8 Å². The molecule has 0 aromatic carbocycles. The normalized spacial score (nSPS) is 11.1. The summed E-state index contributed by atoms with van der Waals surface area (Å²) in [6.07, 6.45) is 1.51. The lowest BCUT2D eigenvalue weighted by Gasteiger charge is -2.07. The van der Waals surface area contributed by atoms with Crippen molar-refractivity contribution < 1.29 is 0 Å². The van der Waals surface area contributed by atoms with Crippen molar-refractivity contribution in [3.05, 3.63) is 6.33 Å². The number of hydrogen-bond acceptors (Lipinski definition) is 5. The van der Waals surface area contributed by atoms with Crippen LogP contribution in [0.5, 0.6) is 0 Å². The Morgan fingerprint density at radius 2 is 2.14 bits per heavy atom. The molecule has 0 aliphatic rings. The zero-order valence-corrected chi connectivity index (χ0v) is 8.39. The minimum Gasteiger partial charge on any atom is -0.366 e. The van der Waals surface area contributed by atoms with Crippen LogP contribution in [0.2, 0.25) is 0 Å². The minimum absolute atomic E-state index is 0.315. The van der Waals surface area contributed by atoms with Crippen LogP contribution in [0.15, 0.2) is 6.33 Å². The van der Waals surface area contributed by atoms with Crippen molar-refractivity contribution in [1.29, 1.82) is 0 Å². The SMILES string of the molecule is CC(C)Nc1ncnc2c1nnn2C. The van der Waals surface area contributed by atoms with E-state index in [1.807, 2.05) is 20.9 Å². The average molecular weight is 192 g/mol. The Labute approximate surface area is 81.4 Å².